The topological polar surface area (TPSA) is 40.5 Å². The summed E-state index contributed by atoms with van der Waals surface area (Å²) in [6, 6.07) is 0.767. The maximum Gasteiger partial charge on any atom is 0.304 e. The molecule has 2 unspecified atom stereocenters. The molecule has 2 atom stereocenters. The van der Waals surface area contributed by atoms with Crippen LogP contribution in [-0.4, -0.2) is 46.1 Å². The summed E-state index contributed by atoms with van der Waals surface area (Å²) >= 11 is 1.88. The molecule has 0 saturated carbocycles. The van der Waals surface area contributed by atoms with Crippen LogP contribution in [0.4, 0.5) is 0 Å². The highest BCUT2D eigenvalue weighted by Gasteiger charge is 2.27. The van der Waals surface area contributed by atoms with E-state index in [9.17, 15) is 4.79 Å². The van der Waals surface area contributed by atoms with E-state index in [2.05, 4.69) is 18.7 Å². The number of rotatable bonds is 5. The average molecular weight is 231 g/mol. The van der Waals surface area contributed by atoms with Gasteiger partial charge >= 0.3 is 5.97 Å². The molecule has 0 aromatic carbocycles. The average Bonchev–Trinajstić information content (AvgIpc) is 2.18. The first kappa shape index (κ1) is 12.8. The molecule has 3 nitrogen and oxygen atoms in total. The van der Waals surface area contributed by atoms with E-state index in [0.717, 1.165) is 18.1 Å². The standard InChI is InChI=1S/C11H21NO2S/c1-3-4-9(2)12-5-6-15-8-10(12)7-11(13)14/h9-10H,3-8H2,1-2H3,(H,13,14). The SMILES string of the molecule is CCCC(C)N1CCSCC1CC(=O)O. The van der Waals surface area contributed by atoms with Gasteiger partial charge in [0, 0.05) is 30.1 Å². The van der Waals surface area contributed by atoms with Gasteiger partial charge in [0.05, 0.1) is 6.42 Å². The summed E-state index contributed by atoms with van der Waals surface area (Å²) in [6.07, 6.45) is 2.63. The quantitative estimate of drug-likeness (QED) is 0.786. The molecule has 0 radical (unpaired) electrons. The van der Waals surface area contributed by atoms with Gasteiger partial charge in [0.25, 0.3) is 0 Å². The van der Waals surface area contributed by atoms with Crippen molar-refractivity contribution < 1.29 is 9.90 Å². The lowest BCUT2D eigenvalue weighted by molar-refractivity contribution is -0.138. The molecule has 1 rings (SSSR count). The molecule has 0 aliphatic carbocycles. The van der Waals surface area contributed by atoms with Crippen LogP contribution in [0.1, 0.15) is 33.1 Å². The van der Waals surface area contributed by atoms with Gasteiger partial charge in [-0.2, -0.15) is 11.8 Å². The van der Waals surface area contributed by atoms with E-state index in [1.165, 1.54) is 12.8 Å². The highest BCUT2D eigenvalue weighted by Crippen LogP contribution is 2.22. The third-order valence-electron chi connectivity index (χ3n) is 2.96. The van der Waals surface area contributed by atoms with Crippen LogP contribution >= 0.6 is 11.8 Å². The molecule has 15 heavy (non-hydrogen) atoms. The highest BCUT2D eigenvalue weighted by atomic mass is 32.2. The Morgan fingerprint density at radius 3 is 3.00 bits per heavy atom. The molecule has 1 N–H and O–H groups in total. The first-order valence-electron chi connectivity index (χ1n) is 5.70. The van der Waals surface area contributed by atoms with Gasteiger partial charge in [-0.3, -0.25) is 9.69 Å². The summed E-state index contributed by atoms with van der Waals surface area (Å²) in [5.74, 6) is 1.45. The van der Waals surface area contributed by atoms with Crippen LogP contribution in [0.25, 0.3) is 0 Å². The zero-order valence-electron chi connectivity index (χ0n) is 9.61. The van der Waals surface area contributed by atoms with Gasteiger partial charge in [-0.25, -0.2) is 0 Å². The van der Waals surface area contributed by atoms with Gasteiger partial charge < -0.3 is 5.11 Å². The molecule has 0 amide bonds. The summed E-state index contributed by atoms with van der Waals surface area (Å²) in [5, 5.41) is 8.86. The summed E-state index contributed by atoms with van der Waals surface area (Å²) in [6.45, 7) is 5.44. The van der Waals surface area contributed by atoms with E-state index >= 15 is 0 Å². The normalized spacial score (nSPS) is 25.1. The molecule has 0 bridgehead atoms. The molecule has 0 aromatic heterocycles. The van der Waals surface area contributed by atoms with E-state index in [1.54, 1.807) is 0 Å². The van der Waals surface area contributed by atoms with Gasteiger partial charge in [0.2, 0.25) is 0 Å². The second kappa shape index (κ2) is 6.38. The van der Waals surface area contributed by atoms with Crippen molar-refractivity contribution in [2.45, 2.75) is 45.2 Å². The molecular weight excluding hydrogens is 210 g/mol. The number of carboxylic acids is 1. The van der Waals surface area contributed by atoms with Crippen molar-refractivity contribution in [2.75, 3.05) is 18.1 Å². The molecule has 0 spiro atoms. The number of hydrogen-bond acceptors (Lipinski definition) is 3. The second-order valence-electron chi connectivity index (χ2n) is 4.20. The largest absolute Gasteiger partial charge is 0.481 e. The van der Waals surface area contributed by atoms with Crippen molar-refractivity contribution >= 4 is 17.7 Å². The fourth-order valence-electron chi connectivity index (χ4n) is 2.21. The van der Waals surface area contributed by atoms with E-state index in [1.807, 2.05) is 11.8 Å². The molecule has 0 aromatic rings. The van der Waals surface area contributed by atoms with Gasteiger partial charge in [-0.1, -0.05) is 13.3 Å². The third kappa shape index (κ3) is 4.03. The third-order valence-corrected chi connectivity index (χ3v) is 4.05. The van der Waals surface area contributed by atoms with Crippen LogP contribution in [0.3, 0.4) is 0 Å². The Labute approximate surface area is 96.2 Å². The van der Waals surface area contributed by atoms with Crippen molar-refractivity contribution in [1.82, 2.24) is 4.90 Å². The minimum atomic E-state index is -0.670. The lowest BCUT2D eigenvalue weighted by Gasteiger charge is -2.39. The summed E-state index contributed by atoms with van der Waals surface area (Å²) < 4.78 is 0. The second-order valence-corrected chi connectivity index (χ2v) is 5.35. The van der Waals surface area contributed by atoms with Gasteiger partial charge in [-0.05, 0) is 13.3 Å². The first-order valence-corrected chi connectivity index (χ1v) is 6.86. The van der Waals surface area contributed by atoms with Crippen LogP contribution in [0.15, 0.2) is 0 Å². The Kier molecular flexibility index (Phi) is 5.47. The summed E-state index contributed by atoms with van der Waals surface area (Å²) in [4.78, 5) is 13.1. The number of thioether (sulfide) groups is 1. The van der Waals surface area contributed by atoms with E-state index in [0.29, 0.717) is 12.5 Å². The zero-order valence-corrected chi connectivity index (χ0v) is 10.4. The Hall–Kier alpha value is -0.220. The van der Waals surface area contributed by atoms with Crippen molar-refractivity contribution in [2.24, 2.45) is 0 Å². The van der Waals surface area contributed by atoms with Crippen LogP contribution in [0.5, 0.6) is 0 Å². The van der Waals surface area contributed by atoms with Gasteiger partial charge in [0.15, 0.2) is 0 Å². The molecule has 1 fully saturated rings. The lowest BCUT2D eigenvalue weighted by Crippen LogP contribution is -2.48. The van der Waals surface area contributed by atoms with E-state index in [4.69, 9.17) is 5.11 Å². The summed E-state index contributed by atoms with van der Waals surface area (Å²) in [7, 11) is 0. The smallest absolute Gasteiger partial charge is 0.304 e. The summed E-state index contributed by atoms with van der Waals surface area (Å²) in [5.41, 5.74) is 0. The predicted molar refractivity (Wildman–Crippen MR) is 64.4 cm³/mol. The van der Waals surface area contributed by atoms with Crippen LogP contribution in [0, 0.1) is 0 Å². The predicted octanol–water partition coefficient (Wildman–Crippen LogP) is 2.07. The van der Waals surface area contributed by atoms with Crippen LogP contribution < -0.4 is 0 Å². The Balaban J connectivity index is 2.52. The maximum atomic E-state index is 10.8. The molecule has 1 aliphatic rings. The Morgan fingerprint density at radius 1 is 1.67 bits per heavy atom. The van der Waals surface area contributed by atoms with Gasteiger partial charge in [0.1, 0.15) is 0 Å². The molecule has 1 aliphatic heterocycles. The lowest BCUT2D eigenvalue weighted by atomic mass is 10.1. The number of nitrogens with zero attached hydrogens (tertiary/aromatic N) is 1. The van der Waals surface area contributed by atoms with Crippen molar-refractivity contribution in [3.05, 3.63) is 0 Å². The Bertz CT molecular complexity index is 211. The number of carboxylic acid groups (broad SMARTS) is 1. The number of carbonyl (C=O) groups is 1. The fourth-order valence-corrected chi connectivity index (χ4v) is 3.30. The van der Waals surface area contributed by atoms with Crippen molar-refractivity contribution in [3.8, 4) is 0 Å². The molecule has 1 heterocycles. The van der Waals surface area contributed by atoms with Crippen molar-refractivity contribution in [3.63, 3.8) is 0 Å². The number of aliphatic carboxylic acids is 1. The van der Waals surface area contributed by atoms with E-state index in [-0.39, 0.29) is 6.04 Å². The Morgan fingerprint density at radius 2 is 2.40 bits per heavy atom. The molecule has 1 saturated heterocycles. The van der Waals surface area contributed by atoms with E-state index < -0.39 is 5.97 Å². The highest BCUT2D eigenvalue weighted by molar-refractivity contribution is 7.99. The van der Waals surface area contributed by atoms with Crippen LogP contribution in [-0.2, 0) is 4.79 Å². The minimum Gasteiger partial charge on any atom is -0.481 e. The van der Waals surface area contributed by atoms with Gasteiger partial charge in [-0.15, -0.1) is 0 Å². The molecular formula is C11H21NO2S. The van der Waals surface area contributed by atoms with Crippen LogP contribution in [0.2, 0.25) is 0 Å². The fraction of sp³-hybridized carbons (Fsp3) is 0.909. The zero-order chi connectivity index (χ0) is 11.3. The maximum absolute atomic E-state index is 10.8. The monoisotopic (exact) mass is 231 g/mol. The first-order chi connectivity index (χ1) is 7.15. The van der Waals surface area contributed by atoms with Crippen molar-refractivity contribution in [1.29, 1.82) is 0 Å². The number of hydrogen-bond donors (Lipinski definition) is 1. The minimum absolute atomic E-state index is 0.239. The molecule has 88 valence electrons. The molecule has 4 heteroatoms.